The van der Waals surface area contributed by atoms with Crippen molar-refractivity contribution in [3.63, 3.8) is 0 Å². The Labute approximate surface area is 186 Å². The van der Waals surface area contributed by atoms with Gasteiger partial charge in [0.2, 0.25) is 5.88 Å². The van der Waals surface area contributed by atoms with Gasteiger partial charge in [0.25, 0.3) is 5.91 Å². The van der Waals surface area contributed by atoms with Crippen LogP contribution in [0, 0.1) is 16.3 Å². The lowest BCUT2D eigenvalue weighted by molar-refractivity contribution is 0.0696. The van der Waals surface area contributed by atoms with Crippen molar-refractivity contribution in [2.24, 2.45) is 0 Å². The van der Waals surface area contributed by atoms with Gasteiger partial charge in [0, 0.05) is 9.77 Å². The van der Waals surface area contributed by atoms with Gasteiger partial charge in [-0.3, -0.25) is 4.79 Å². The van der Waals surface area contributed by atoms with Gasteiger partial charge in [0.05, 0.1) is 11.6 Å². The van der Waals surface area contributed by atoms with Crippen LogP contribution in [0.25, 0.3) is 0 Å². The van der Waals surface area contributed by atoms with Gasteiger partial charge in [-0.15, -0.1) is 0 Å². The van der Waals surface area contributed by atoms with Crippen molar-refractivity contribution in [2.45, 2.75) is 19.9 Å². The van der Waals surface area contributed by atoms with E-state index in [1.807, 2.05) is 22.6 Å². The number of aromatic nitrogens is 1. The Bertz CT molecular complexity index is 1100. The number of aromatic carboxylic acids is 1. The van der Waals surface area contributed by atoms with Crippen LogP contribution in [-0.4, -0.2) is 22.0 Å². The number of pyridine rings is 1. The van der Waals surface area contributed by atoms with Gasteiger partial charge in [0.15, 0.2) is 0 Å². The first-order chi connectivity index (χ1) is 14.2. The van der Waals surface area contributed by atoms with Crippen LogP contribution < -0.4 is 10.1 Å². The van der Waals surface area contributed by atoms with Gasteiger partial charge in [-0.2, -0.15) is 0 Å². The van der Waals surface area contributed by atoms with Crippen molar-refractivity contribution in [1.29, 1.82) is 0 Å². The number of carboxylic acid groups (broad SMARTS) is 1. The number of carbonyl (C=O) groups excluding carboxylic acids is 1. The molecule has 1 aromatic heterocycles. The summed E-state index contributed by atoms with van der Waals surface area (Å²) in [6.45, 7) is 3.49. The molecule has 0 unspecified atom stereocenters. The largest absolute Gasteiger partial charge is 0.478 e. The van der Waals surface area contributed by atoms with Crippen LogP contribution in [0.5, 0.6) is 11.6 Å². The summed E-state index contributed by atoms with van der Waals surface area (Å²) >= 11 is 2.05. The van der Waals surface area contributed by atoms with Crippen molar-refractivity contribution >= 4 is 34.5 Å². The number of aryl methyl sites for hydroxylation is 1. The molecular formula is C22H18FIN2O4. The van der Waals surface area contributed by atoms with Gasteiger partial charge in [0.1, 0.15) is 17.1 Å². The van der Waals surface area contributed by atoms with Crippen molar-refractivity contribution in [2.75, 3.05) is 0 Å². The van der Waals surface area contributed by atoms with Gasteiger partial charge < -0.3 is 15.2 Å². The first kappa shape index (κ1) is 21.7. The monoisotopic (exact) mass is 520 g/mol. The summed E-state index contributed by atoms with van der Waals surface area (Å²) in [6.07, 6.45) is 1.57. The maximum Gasteiger partial charge on any atom is 0.335 e. The minimum Gasteiger partial charge on any atom is -0.478 e. The van der Waals surface area contributed by atoms with Crippen molar-refractivity contribution in [3.8, 4) is 11.6 Å². The molecule has 1 heterocycles. The zero-order valence-electron chi connectivity index (χ0n) is 16.1. The highest BCUT2D eigenvalue weighted by molar-refractivity contribution is 14.1. The number of rotatable bonds is 6. The molecule has 154 valence electrons. The van der Waals surface area contributed by atoms with E-state index in [1.165, 1.54) is 30.3 Å². The number of nitrogens with one attached hydrogen (secondary N) is 1. The number of hydrogen-bond donors (Lipinski definition) is 2. The Hall–Kier alpha value is -3.01. The van der Waals surface area contributed by atoms with Gasteiger partial charge in [-0.05, 0) is 84.0 Å². The smallest absolute Gasteiger partial charge is 0.335 e. The molecule has 3 aromatic rings. The molecule has 30 heavy (non-hydrogen) atoms. The molecule has 0 saturated carbocycles. The van der Waals surface area contributed by atoms with Gasteiger partial charge in [-0.1, -0.05) is 12.1 Å². The molecule has 2 aromatic carbocycles. The molecule has 0 aliphatic heterocycles. The van der Waals surface area contributed by atoms with E-state index >= 15 is 0 Å². The van der Waals surface area contributed by atoms with Crippen LogP contribution in [-0.2, 0) is 0 Å². The molecule has 3 rings (SSSR count). The third-order valence-electron chi connectivity index (χ3n) is 4.41. The lowest BCUT2D eigenvalue weighted by Crippen LogP contribution is -2.27. The second kappa shape index (κ2) is 9.21. The molecule has 0 radical (unpaired) electrons. The number of halogens is 2. The number of ether oxygens (including phenoxy) is 1. The first-order valence-corrected chi connectivity index (χ1v) is 10.1. The summed E-state index contributed by atoms with van der Waals surface area (Å²) in [5.41, 5.74) is 1.74. The minimum atomic E-state index is -1.01. The number of nitrogens with zero attached hydrogens (tertiary/aromatic N) is 1. The second-order valence-corrected chi connectivity index (χ2v) is 7.89. The standard InChI is InChI=1S/C22H18FIN2O4/c1-12-9-16(23)7-8-19(12)30-21-18(10-17(24)11-25-21)20(27)26-13(2)14-3-5-15(6-4-14)22(28)29/h3-11,13H,1-2H3,(H,26,27)(H,28,29)/t13-/m0/s1. The molecule has 6 nitrogen and oxygen atoms in total. The molecule has 8 heteroatoms. The lowest BCUT2D eigenvalue weighted by atomic mass is 10.1. The fourth-order valence-electron chi connectivity index (χ4n) is 2.77. The SMILES string of the molecule is Cc1cc(F)ccc1Oc1ncc(I)cc1C(=O)N[C@@H](C)c1ccc(C(=O)O)cc1. The predicted molar refractivity (Wildman–Crippen MR) is 117 cm³/mol. The fourth-order valence-corrected chi connectivity index (χ4v) is 3.22. The molecule has 0 aliphatic carbocycles. The van der Waals surface area contributed by atoms with Crippen LogP contribution in [0.1, 0.15) is 44.8 Å². The Balaban J connectivity index is 1.82. The van der Waals surface area contributed by atoms with Crippen LogP contribution in [0.4, 0.5) is 4.39 Å². The molecule has 0 saturated heterocycles. The zero-order valence-corrected chi connectivity index (χ0v) is 18.3. The van der Waals surface area contributed by atoms with E-state index in [2.05, 4.69) is 10.3 Å². The molecule has 0 bridgehead atoms. The quantitative estimate of drug-likeness (QED) is 0.441. The normalized spacial score (nSPS) is 11.6. The fraction of sp³-hybridized carbons (Fsp3) is 0.136. The second-order valence-electron chi connectivity index (χ2n) is 6.64. The molecule has 0 fully saturated rings. The maximum atomic E-state index is 13.4. The van der Waals surface area contributed by atoms with Crippen molar-refractivity contribution in [3.05, 3.63) is 86.4 Å². The predicted octanol–water partition coefficient (Wildman–Crippen LogP) is 5.12. The summed E-state index contributed by atoms with van der Waals surface area (Å²) in [7, 11) is 0. The summed E-state index contributed by atoms with van der Waals surface area (Å²) in [4.78, 5) is 28.1. The number of amides is 1. The van der Waals surface area contributed by atoms with Crippen molar-refractivity contribution in [1.82, 2.24) is 10.3 Å². The third-order valence-corrected chi connectivity index (χ3v) is 5.00. The van der Waals surface area contributed by atoms with E-state index in [1.54, 1.807) is 38.2 Å². The number of carboxylic acids is 1. The average Bonchev–Trinajstić information content (AvgIpc) is 2.71. The Morgan fingerprint density at radius 3 is 2.50 bits per heavy atom. The molecule has 2 N–H and O–H groups in total. The number of benzene rings is 2. The van der Waals surface area contributed by atoms with Gasteiger partial charge >= 0.3 is 5.97 Å². The number of carbonyl (C=O) groups is 2. The van der Waals surface area contributed by atoms with Crippen LogP contribution in [0.2, 0.25) is 0 Å². The Morgan fingerprint density at radius 1 is 1.17 bits per heavy atom. The Morgan fingerprint density at radius 2 is 1.87 bits per heavy atom. The summed E-state index contributed by atoms with van der Waals surface area (Å²) in [6, 6.07) is 11.6. The average molecular weight is 520 g/mol. The Kier molecular flexibility index (Phi) is 6.66. The van der Waals surface area contributed by atoms with E-state index in [4.69, 9.17) is 9.84 Å². The molecule has 0 aliphatic rings. The molecular weight excluding hydrogens is 502 g/mol. The first-order valence-electron chi connectivity index (χ1n) is 8.98. The summed E-state index contributed by atoms with van der Waals surface area (Å²) < 4.78 is 19.9. The highest BCUT2D eigenvalue weighted by Crippen LogP contribution is 2.28. The van der Waals surface area contributed by atoms with Gasteiger partial charge in [-0.25, -0.2) is 14.2 Å². The zero-order chi connectivity index (χ0) is 21.8. The van der Waals surface area contributed by atoms with Crippen LogP contribution in [0.3, 0.4) is 0 Å². The van der Waals surface area contributed by atoms with E-state index < -0.39 is 11.9 Å². The van der Waals surface area contributed by atoms with Crippen LogP contribution >= 0.6 is 22.6 Å². The molecule has 1 atom stereocenters. The number of hydrogen-bond acceptors (Lipinski definition) is 4. The van der Waals surface area contributed by atoms with E-state index in [9.17, 15) is 14.0 Å². The highest BCUT2D eigenvalue weighted by atomic mass is 127. The summed E-state index contributed by atoms with van der Waals surface area (Å²) in [5, 5.41) is 11.9. The summed E-state index contributed by atoms with van der Waals surface area (Å²) in [5.74, 6) is -1.28. The third kappa shape index (κ3) is 5.12. The topological polar surface area (TPSA) is 88.5 Å². The maximum absolute atomic E-state index is 13.4. The van der Waals surface area contributed by atoms with E-state index in [-0.39, 0.29) is 28.9 Å². The molecule has 1 amide bonds. The molecule has 0 spiro atoms. The highest BCUT2D eigenvalue weighted by Gasteiger charge is 2.19. The van der Waals surface area contributed by atoms with E-state index in [0.29, 0.717) is 11.3 Å². The van der Waals surface area contributed by atoms with E-state index in [0.717, 1.165) is 9.13 Å². The van der Waals surface area contributed by atoms with Crippen LogP contribution in [0.15, 0.2) is 54.7 Å². The lowest BCUT2D eigenvalue weighted by Gasteiger charge is -2.17. The minimum absolute atomic E-state index is 0.107. The van der Waals surface area contributed by atoms with Crippen molar-refractivity contribution < 1.29 is 23.8 Å².